The Morgan fingerprint density at radius 1 is 1.17 bits per heavy atom. The van der Waals surface area contributed by atoms with Gasteiger partial charge in [-0.1, -0.05) is 19.1 Å². The summed E-state index contributed by atoms with van der Waals surface area (Å²) in [6.07, 6.45) is 0. The van der Waals surface area contributed by atoms with Crippen LogP contribution in [0.25, 0.3) is 11.0 Å². The third-order valence-corrected chi connectivity index (χ3v) is 4.57. The second kappa shape index (κ2) is 6.77. The third kappa shape index (κ3) is 3.36. The van der Waals surface area contributed by atoms with Crippen molar-refractivity contribution in [3.8, 4) is 0 Å². The normalized spacial score (nSPS) is 14.2. The van der Waals surface area contributed by atoms with Crippen LogP contribution in [0.3, 0.4) is 0 Å². The number of hydrogen-bond donors (Lipinski definition) is 1. The van der Waals surface area contributed by atoms with Gasteiger partial charge >= 0.3 is 0 Å². The first kappa shape index (κ1) is 16.7. The number of hydrogen-bond acceptors (Lipinski definition) is 3. The minimum atomic E-state index is 0.213. The molecule has 128 valence electrons. The zero-order valence-corrected chi connectivity index (χ0v) is 15.2. The molecule has 0 aliphatic rings. The van der Waals surface area contributed by atoms with Crippen molar-refractivity contribution in [2.75, 3.05) is 6.54 Å². The summed E-state index contributed by atoms with van der Waals surface area (Å²) in [7, 11) is 2.09. The second-order valence-electron chi connectivity index (χ2n) is 6.86. The Balaban J connectivity index is 1.63. The SMILES string of the molecule is Cc1cc(C)n(C[C@@H](C)CN[C@H](C)c2nc3ccccc3n2C)n1. The van der Waals surface area contributed by atoms with Gasteiger partial charge in [-0.3, -0.25) is 4.68 Å². The van der Waals surface area contributed by atoms with Crippen LogP contribution in [0.2, 0.25) is 0 Å². The highest BCUT2D eigenvalue weighted by Crippen LogP contribution is 2.19. The molecule has 3 aromatic rings. The molecule has 0 fully saturated rings. The van der Waals surface area contributed by atoms with E-state index >= 15 is 0 Å². The highest BCUT2D eigenvalue weighted by Gasteiger charge is 2.15. The van der Waals surface area contributed by atoms with E-state index in [1.165, 1.54) is 11.2 Å². The average Bonchev–Trinajstić information content (AvgIpc) is 3.05. The van der Waals surface area contributed by atoms with Crippen molar-refractivity contribution in [3.63, 3.8) is 0 Å². The molecule has 2 heterocycles. The molecule has 0 amide bonds. The van der Waals surface area contributed by atoms with Gasteiger partial charge in [0.2, 0.25) is 0 Å². The van der Waals surface area contributed by atoms with Gasteiger partial charge in [-0.05, 0) is 44.9 Å². The topological polar surface area (TPSA) is 47.7 Å². The van der Waals surface area contributed by atoms with Crippen LogP contribution in [-0.2, 0) is 13.6 Å². The van der Waals surface area contributed by atoms with Crippen LogP contribution in [0.1, 0.15) is 37.1 Å². The van der Waals surface area contributed by atoms with Crippen LogP contribution in [0.15, 0.2) is 30.3 Å². The lowest BCUT2D eigenvalue weighted by molar-refractivity contribution is 0.391. The fourth-order valence-corrected chi connectivity index (χ4v) is 3.24. The smallest absolute Gasteiger partial charge is 0.126 e. The van der Waals surface area contributed by atoms with Gasteiger partial charge < -0.3 is 9.88 Å². The summed E-state index contributed by atoms with van der Waals surface area (Å²) >= 11 is 0. The lowest BCUT2D eigenvalue weighted by Crippen LogP contribution is -2.28. The van der Waals surface area contributed by atoms with Gasteiger partial charge in [0, 0.05) is 25.8 Å². The summed E-state index contributed by atoms with van der Waals surface area (Å²) in [5, 5.41) is 8.17. The summed E-state index contributed by atoms with van der Waals surface area (Å²) in [6, 6.07) is 10.6. The van der Waals surface area contributed by atoms with E-state index in [1.54, 1.807) is 0 Å². The maximum atomic E-state index is 4.77. The fraction of sp³-hybridized carbons (Fsp3) is 0.474. The van der Waals surface area contributed by atoms with Crippen molar-refractivity contribution in [3.05, 3.63) is 47.5 Å². The molecular weight excluding hydrogens is 298 g/mol. The van der Waals surface area contributed by atoms with Crippen LogP contribution < -0.4 is 5.32 Å². The molecule has 0 spiro atoms. The van der Waals surface area contributed by atoms with E-state index in [9.17, 15) is 0 Å². The second-order valence-corrected chi connectivity index (χ2v) is 6.86. The molecule has 0 saturated carbocycles. The van der Waals surface area contributed by atoms with Gasteiger partial charge in [0.25, 0.3) is 0 Å². The standard InChI is InChI=1S/C19H27N5/c1-13(12-24-15(3)10-14(2)22-24)11-20-16(4)19-21-17-8-6-7-9-18(17)23(19)5/h6-10,13,16,20H,11-12H2,1-5H3/t13-,16+/m0/s1. The largest absolute Gasteiger partial charge is 0.330 e. The van der Waals surface area contributed by atoms with E-state index < -0.39 is 0 Å². The van der Waals surface area contributed by atoms with E-state index in [-0.39, 0.29) is 6.04 Å². The maximum Gasteiger partial charge on any atom is 0.126 e. The monoisotopic (exact) mass is 325 g/mol. The first-order chi connectivity index (χ1) is 11.5. The van der Waals surface area contributed by atoms with Crippen LogP contribution in [0.5, 0.6) is 0 Å². The van der Waals surface area contributed by atoms with E-state index in [1.807, 2.05) is 13.0 Å². The highest BCUT2D eigenvalue weighted by atomic mass is 15.3. The Labute approximate surface area is 143 Å². The number of imidazole rings is 1. The molecule has 2 aromatic heterocycles. The van der Waals surface area contributed by atoms with E-state index in [4.69, 9.17) is 4.98 Å². The van der Waals surface area contributed by atoms with Gasteiger partial charge in [0.05, 0.1) is 22.8 Å². The van der Waals surface area contributed by atoms with Crippen molar-refractivity contribution >= 4 is 11.0 Å². The number of fused-ring (bicyclic) bond motifs is 1. The molecule has 1 N–H and O–H groups in total. The molecule has 0 radical (unpaired) electrons. The number of para-hydroxylation sites is 2. The first-order valence-corrected chi connectivity index (χ1v) is 8.61. The summed E-state index contributed by atoms with van der Waals surface area (Å²) in [6.45, 7) is 10.5. The molecule has 1 aromatic carbocycles. The Hall–Kier alpha value is -2.14. The molecule has 0 aliphatic carbocycles. The highest BCUT2D eigenvalue weighted by molar-refractivity contribution is 5.75. The fourth-order valence-electron chi connectivity index (χ4n) is 3.24. The van der Waals surface area contributed by atoms with Crippen LogP contribution in [-0.4, -0.2) is 25.9 Å². The molecule has 5 heteroatoms. The minimum absolute atomic E-state index is 0.213. The number of rotatable bonds is 6. The van der Waals surface area contributed by atoms with Crippen molar-refractivity contribution in [2.45, 2.75) is 40.3 Å². The van der Waals surface area contributed by atoms with E-state index in [0.29, 0.717) is 5.92 Å². The third-order valence-electron chi connectivity index (χ3n) is 4.57. The molecule has 24 heavy (non-hydrogen) atoms. The predicted octanol–water partition coefficient (Wildman–Crippen LogP) is 3.37. The molecule has 0 unspecified atom stereocenters. The van der Waals surface area contributed by atoms with Gasteiger partial charge in [-0.2, -0.15) is 5.10 Å². The van der Waals surface area contributed by atoms with E-state index in [2.05, 4.69) is 71.7 Å². The Bertz CT molecular complexity index is 830. The van der Waals surface area contributed by atoms with Gasteiger partial charge in [0.15, 0.2) is 0 Å². The zero-order chi connectivity index (χ0) is 17.3. The molecule has 2 atom stereocenters. The average molecular weight is 325 g/mol. The van der Waals surface area contributed by atoms with Crippen LogP contribution in [0, 0.1) is 19.8 Å². The van der Waals surface area contributed by atoms with Crippen LogP contribution >= 0.6 is 0 Å². The number of aryl methyl sites for hydroxylation is 3. The number of nitrogens with one attached hydrogen (secondary N) is 1. The van der Waals surface area contributed by atoms with Gasteiger partial charge in [-0.25, -0.2) is 4.98 Å². The predicted molar refractivity (Wildman–Crippen MR) is 98.0 cm³/mol. The summed E-state index contributed by atoms with van der Waals surface area (Å²) < 4.78 is 4.28. The Morgan fingerprint density at radius 2 is 1.92 bits per heavy atom. The first-order valence-electron chi connectivity index (χ1n) is 8.61. The quantitative estimate of drug-likeness (QED) is 0.756. The summed E-state index contributed by atoms with van der Waals surface area (Å²) in [5.41, 5.74) is 4.54. The summed E-state index contributed by atoms with van der Waals surface area (Å²) in [4.78, 5) is 4.77. The van der Waals surface area contributed by atoms with Crippen molar-refractivity contribution in [2.24, 2.45) is 13.0 Å². The van der Waals surface area contributed by atoms with Crippen molar-refractivity contribution < 1.29 is 0 Å². The Kier molecular flexibility index (Phi) is 4.71. The lowest BCUT2D eigenvalue weighted by Gasteiger charge is -2.18. The van der Waals surface area contributed by atoms with Crippen molar-refractivity contribution in [1.29, 1.82) is 0 Å². The molecule has 0 aliphatic heterocycles. The molecule has 5 nitrogen and oxygen atoms in total. The molecule has 0 bridgehead atoms. The van der Waals surface area contributed by atoms with Gasteiger partial charge in [-0.15, -0.1) is 0 Å². The Morgan fingerprint density at radius 3 is 2.58 bits per heavy atom. The molecular formula is C19H27N5. The molecule has 3 rings (SSSR count). The zero-order valence-electron chi connectivity index (χ0n) is 15.2. The van der Waals surface area contributed by atoms with E-state index in [0.717, 1.165) is 30.1 Å². The minimum Gasteiger partial charge on any atom is -0.330 e. The molecule has 0 saturated heterocycles. The van der Waals surface area contributed by atoms with Gasteiger partial charge in [0.1, 0.15) is 5.82 Å². The number of aromatic nitrogens is 4. The number of nitrogens with zero attached hydrogens (tertiary/aromatic N) is 4. The van der Waals surface area contributed by atoms with Crippen LogP contribution in [0.4, 0.5) is 0 Å². The summed E-state index contributed by atoms with van der Waals surface area (Å²) in [5.74, 6) is 1.58. The maximum absolute atomic E-state index is 4.77. The van der Waals surface area contributed by atoms with Crippen molar-refractivity contribution in [1.82, 2.24) is 24.6 Å². The number of benzene rings is 1. The lowest BCUT2D eigenvalue weighted by atomic mass is 10.1.